The van der Waals surface area contributed by atoms with Gasteiger partial charge in [-0.05, 0) is 65.5 Å². The minimum atomic E-state index is 0.353. The first-order valence-electron chi connectivity index (χ1n) is 5.23. The molecule has 0 unspecified atom stereocenters. The zero-order chi connectivity index (χ0) is 10.7. The molecule has 82 valence electrons. The minimum absolute atomic E-state index is 0.353. The summed E-state index contributed by atoms with van der Waals surface area (Å²) in [6, 6.07) is 8.22. The minimum Gasteiger partial charge on any atom is -0.493 e. The van der Waals surface area contributed by atoms with E-state index in [-0.39, 0.29) is 0 Å². The Balaban J connectivity index is 1.90. The van der Waals surface area contributed by atoms with Gasteiger partial charge in [0.05, 0.1) is 6.61 Å². The summed E-state index contributed by atoms with van der Waals surface area (Å²) in [6.45, 7) is 0.817. The van der Waals surface area contributed by atoms with Gasteiger partial charge >= 0.3 is 0 Å². The van der Waals surface area contributed by atoms with Gasteiger partial charge in [0.1, 0.15) is 5.75 Å². The monoisotopic (exact) mass is 334 g/mol. The van der Waals surface area contributed by atoms with Crippen molar-refractivity contribution in [3.63, 3.8) is 0 Å². The molecule has 0 amide bonds. The molecule has 1 saturated carbocycles. The predicted molar refractivity (Wildman–Crippen MR) is 74.8 cm³/mol. The summed E-state index contributed by atoms with van der Waals surface area (Å²) in [5.74, 6) is 1.92. The zero-order valence-electron chi connectivity index (χ0n) is 8.58. The summed E-state index contributed by atoms with van der Waals surface area (Å²) in [4.78, 5) is 0. The largest absolute Gasteiger partial charge is 0.493 e. The Hall–Kier alpha value is 0.1000. The fraction of sp³-hybridized carbons (Fsp3) is 0.500. The second-order valence-electron chi connectivity index (χ2n) is 4.25. The van der Waals surface area contributed by atoms with E-state index in [1.807, 2.05) is 12.1 Å². The van der Waals surface area contributed by atoms with E-state index in [0.29, 0.717) is 5.41 Å². The molecule has 1 aliphatic carbocycles. The van der Waals surface area contributed by atoms with Crippen LogP contribution in [0.2, 0.25) is 0 Å². The van der Waals surface area contributed by atoms with E-state index >= 15 is 0 Å². The Bertz CT molecular complexity index is 313. The Kier molecular flexibility index (Phi) is 3.83. The molecular formula is C12H15IOS. The van der Waals surface area contributed by atoms with Crippen LogP contribution in [0.4, 0.5) is 0 Å². The van der Waals surface area contributed by atoms with Crippen LogP contribution in [0.25, 0.3) is 0 Å². The summed E-state index contributed by atoms with van der Waals surface area (Å²) >= 11 is 6.71. The molecule has 2 rings (SSSR count). The van der Waals surface area contributed by atoms with E-state index in [2.05, 4.69) is 47.4 Å². The lowest BCUT2D eigenvalue weighted by molar-refractivity contribution is 0.0829. The fourth-order valence-corrected chi connectivity index (χ4v) is 2.56. The Morgan fingerprint density at radius 3 is 2.40 bits per heavy atom. The van der Waals surface area contributed by atoms with Gasteiger partial charge in [0.2, 0.25) is 0 Å². The molecule has 3 heteroatoms. The van der Waals surface area contributed by atoms with E-state index in [1.54, 1.807) is 0 Å². The highest BCUT2D eigenvalue weighted by Gasteiger charge is 2.36. The van der Waals surface area contributed by atoms with Crippen molar-refractivity contribution in [3.8, 4) is 5.75 Å². The van der Waals surface area contributed by atoms with Gasteiger partial charge in [0.15, 0.2) is 0 Å². The first-order chi connectivity index (χ1) is 7.24. The first-order valence-corrected chi connectivity index (χ1v) is 6.94. The van der Waals surface area contributed by atoms with E-state index in [1.165, 1.54) is 22.8 Å². The highest BCUT2D eigenvalue weighted by molar-refractivity contribution is 14.1. The van der Waals surface area contributed by atoms with Gasteiger partial charge in [-0.1, -0.05) is 6.42 Å². The second kappa shape index (κ2) is 4.95. The number of hydrogen-bond acceptors (Lipinski definition) is 2. The predicted octanol–water partition coefficient (Wildman–Crippen LogP) is 3.77. The molecule has 0 N–H and O–H groups in total. The maximum absolute atomic E-state index is 5.81. The second-order valence-corrected chi connectivity index (χ2v) is 5.82. The molecule has 0 heterocycles. The molecule has 0 saturated heterocycles. The van der Waals surface area contributed by atoms with E-state index in [4.69, 9.17) is 4.74 Å². The third-order valence-electron chi connectivity index (χ3n) is 3.11. The summed E-state index contributed by atoms with van der Waals surface area (Å²) in [5, 5.41) is 0. The average molecular weight is 334 g/mol. The normalized spacial score (nSPS) is 18.3. The molecule has 0 aromatic heterocycles. The number of ether oxygens (including phenoxy) is 1. The van der Waals surface area contributed by atoms with Gasteiger partial charge in [-0.15, -0.1) is 0 Å². The Morgan fingerprint density at radius 1 is 1.27 bits per heavy atom. The van der Waals surface area contributed by atoms with E-state index in [9.17, 15) is 0 Å². The molecule has 1 aliphatic rings. The van der Waals surface area contributed by atoms with Gasteiger partial charge in [-0.25, -0.2) is 0 Å². The quantitative estimate of drug-likeness (QED) is 0.651. The Morgan fingerprint density at radius 2 is 1.93 bits per heavy atom. The summed E-state index contributed by atoms with van der Waals surface area (Å²) in [7, 11) is 0. The summed E-state index contributed by atoms with van der Waals surface area (Å²) in [6.07, 6.45) is 3.86. The van der Waals surface area contributed by atoms with Crippen LogP contribution >= 0.6 is 35.2 Å². The maximum atomic E-state index is 5.81. The van der Waals surface area contributed by atoms with Crippen molar-refractivity contribution in [2.45, 2.75) is 19.3 Å². The van der Waals surface area contributed by atoms with Crippen LogP contribution in [-0.2, 0) is 0 Å². The smallest absolute Gasteiger partial charge is 0.119 e. The number of rotatable bonds is 4. The van der Waals surface area contributed by atoms with Crippen molar-refractivity contribution in [1.29, 1.82) is 0 Å². The van der Waals surface area contributed by atoms with Crippen molar-refractivity contribution in [1.82, 2.24) is 0 Å². The molecule has 1 aromatic rings. The van der Waals surface area contributed by atoms with Crippen LogP contribution < -0.4 is 4.74 Å². The third-order valence-corrected chi connectivity index (χ3v) is 4.50. The topological polar surface area (TPSA) is 9.23 Å². The highest BCUT2D eigenvalue weighted by atomic mass is 127. The number of benzene rings is 1. The molecule has 0 spiro atoms. The van der Waals surface area contributed by atoms with Crippen molar-refractivity contribution in [3.05, 3.63) is 27.8 Å². The Labute approximate surface area is 110 Å². The molecule has 0 atom stereocenters. The number of halogens is 1. The van der Waals surface area contributed by atoms with Gasteiger partial charge < -0.3 is 4.74 Å². The van der Waals surface area contributed by atoms with Crippen molar-refractivity contribution >= 4 is 35.2 Å². The van der Waals surface area contributed by atoms with Gasteiger partial charge in [-0.3, -0.25) is 0 Å². The SMILES string of the molecule is SCC1(COc2ccc(I)cc2)CCC1. The first kappa shape index (κ1) is 11.6. The lowest BCUT2D eigenvalue weighted by atomic mass is 9.71. The molecule has 1 aromatic carbocycles. The van der Waals surface area contributed by atoms with E-state index < -0.39 is 0 Å². The molecule has 0 aliphatic heterocycles. The number of thiol groups is 1. The van der Waals surface area contributed by atoms with Crippen molar-refractivity contribution in [2.24, 2.45) is 5.41 Å². The average Bonchev–Trinajstić information content (AvgIpc) is 2.20. The summed E-state index contributed by atoms with van der Waals surface area (Å²) < 4.78 is 7.05. The fourth-order valence-electron chi connectivity index (χ4n) is 1.79. The summed E-state index contributed by atoms with van der Waals surface area (Å²) in [5.41, 5.74) is 0.353. The van der Waals surface area contributed by atoms with Crippen LogP contribution in [0.3, 0.4) is 0 Å². The third kappa shape index (κ3) is 2.81. The van der Waals surface area contributed by atoms with Gasteiger partial charge in [-0.2, -0.15) is 12.6 Å². The van der Waals surface area contributed by atoms with E-state index in [0.717, 1.165) is 18.1 Å². The van der Waals surface area contributed by atoms with Crippen molar-refractivity contribution < 1.29 is 4.74 Å². The standard InChI is InChI=1S/C12H15IOS/c13-10-2-4-11(5-3-10)14-8-12(9-15)6-1-7-12/h2-5,15H,1,6-9H2. The molecule has 15 heavy (non-hydrogen) atoms. The maximum Gasteiger partial charge on any atom is 0.119 e. The van der Waals surface area contributed by atoms with Crippen molar-refractivity contribution in [2.75, 3.05) is 12.4 Å². The lowest BCUT2D eigenvalue weighted by Crippen LogP contribution is -2.37. The van der Waals surface area contributed by atoms with Crippen LogP contribution in [0.1, 0.15) is 19.3 Å². The molecule has 0 radical (unpaired) electrons. The molecule has 1 nitrogen and oxygen atoms in total. The molecular weight excluding hydrogens is 319 g/mol. The molecule has 0 bridgehead atoms. The van der Waals surface area contributed by atoms with Crippen LogP contribution in [0.15, 0.2) is 24.3 Å². The highest BCUT2D eigenvalue weighted by Crippen LogP contribution is 2.42. The van der Waals surface area contributed by atoms with Crippen LogP contribution in [-0.4, -0.2) is 12.4 Å². The van der Waals surface area contributed by atoms with Gasteiger partial charge in [0, 0.05) is 8.99 Å². The van der Waals surface area contributed by atoms with Gasteiger partial charge in [0.25, 0.3) is 0 Å². The van der Waals surface area contributed by atoms with Crippen LogP contribution in [0, 0.1) is 8.99 Å². The molecule has 1 fully saturated rings. The van der Waals surface area contributed by atoms with Crippen LogP contribution in [0.5, 0.6) is 5.75 Å². The number of hydrogen-bond donors (Lipinski definition) is 1. The zero-order valence-corrected chi connectivity index (χ0v) is 11.6. The lowest BCUT2D eigenvalue weighted by Gasteiger charge is -2.40.